The highest BCUT2D eigenvalue weighted by molar-refractivity contribution is 6.32. The van der Waals surface area contributed by atoms with Crippen LogP contribution in [0, 0.1) is 5.92 Å². The number of rotatable bonds is 7. The zero-order valence-corrected chi connectivity index (χ0v) is 12.7. The molecule has 2 N–H and O–H groups in total. The monoisotopic (exact) mass is 295 g/mol. The van der Waals surface area contributed by atoms with E-state index in [0.717, 1.165) is 18.4 Å². The topological polar surface area (TPSA) is 49.3 Å². The van der Waals surface area contributed by atoms with E-state index in [9.17, 15) is 9.90 Å². The van der Waals surface area contributed by atoms with Gasteiger partial charge in [-0.05, 0) is 23.6 Å². The van der Waals surface area contributed by atoms with Crippen molar-refractivity contribution in [1.29, 1.82) is 0 Å². The Hall–Kier alpha value is -1.32. The molecule has 3 nitrogen and oxygen atoms in total. The van der Waals surface area contributed by atoms with Gasteiger partial charge in [0.05, 0.1) is 6.10 Å². The van der Waals surface area contributed by atoms with Crippen LogP contribution >= 0.6 is 11.6 Å². The summed E-state index contributed by atoms with van der Waals surface area (Å²) in [6, 6.07) is 7.31. The van der Waals surface area contributed by atoms with Crippen molar-refractivity contribution in [1.82, 2.24) is 5.32 Å². The van der Waals surface area contributed by atoms with Gasteiger partial charge < -0.3 is 10.4 Å². The molecule has 0 saturated carbocycles. The minimum absolute atomic E-state index is 0.225. The average molecular weight is 296 g/mol. The molecule has 20 heavy (non-hydrogen) atoms. The number of halogens is 1. The van der Waals surface area contributed by atoms with Crippen molar-refractivity contribution in [2.45, 2.75) is 32.8 Å². The summed E-state index contributed by atoms with van der Waals surface area (Å²) in [6.07, 6.45) is 4.41. The largest absolute Gasteiger partial charge is 0.391 e. The Kier molecular flexibility index (Phi) is 7.34. The average Bonchev–Trinajstić information content (AvgIpc) is 2.45. The fraction of sp³-hybridized carbons (Fsp3) is 0.438. The summed E-state index contributed by atoms with van der Waals surface area (Å²) in [7, 11) is 0. The molecule has 4 heteroatoms. The maximum Gasteiger partial charge on any atom is 0.244 e. The van der Waals surface area contributed by atoms with Crippen LogP contribution in [-0.4, -0.2) is 23.7 Å². The molecular weight excluding hydrogens is 274 g/mol. The molecule has 1 unspecified atom stereocenters. The Balaban J connectivity index is 2.46. The molecule has 0 aliphatic heterocycles. The molecule has 0 aliphatic rings. The second-order valence-corrected chi connectivity index (χ2v) is 5.15. The molecule has 0 spiro atoms. The fourth-order valence-corrected chi connectivity index (χ4v) is 2.24. The molecule has 1 aromatic carbocycles. The lowest BCUT2D eigenvalue weighted by Crippen LogP contribution is -2.35. The van der Waals surface area contributed by atoms with E-state index < -0.39 is 6.10 Å². The van der Waals surface area contributed by atoms with Crippen molar-refractivity contribution in [3.63, 3.8) is 0 Å². The first-order chi connectivity index (χ1) is 9.58. The fourth-order valence-electron chi connectivity index (χ4n) is 2.04. The molecule has 0 saturated heterocycles. The normalized spacial score (nSPS) is 12.8. The van der Waals surface area contributed by atoms with Crippen LogP contribution in [0.2, 0.25) is 5.02 Å². The van der Waals surface area contributed by atoms with Crippen LogP contribution in [0.1, 0.15) is 32.3 Å². The van der Waals surface area contributed by atoms with Gasteiger partial charge in [-0.2, -0.15) is 0 Å². The lowest BCUT2D eigenvalue weighted by molar-refractivity contribution is -0.117. The summed E-state index contributed by atoms with van der Waals surface area (Å²) in [4.78, 5) is 11.7. The second kappa shape index (κ2) is 8.77. The van der Waals surface area contributed by atoms with Crippen molar-refractivity contribution in [3.8, 4) is 0 Å². The van der Waals surface area contributed by atoms with Gasteiger partial charge in [-0.1, -0.05) is 56.5 Å². The highest BCUT2D eigenvalue weighted by atomic mass is 35.5. The number of hydrogen-bond donors (Lipinski definition) is 2. The minimum atomic E-state index is -0.498. The van der Waals surface area contributed by atoms with Crippen LogP contribution in [-0.2, 0) is 4.79 Å². The van der Waals surface area contributed by atoms with Crippen LogP contribution in [0.5, 0.6) is 0 Å². The maximum atomic E-state index is 11.7. The molecular formula is C16H22ClNO2. The maximum absolute atomic E-state index is 11.7. The number of carbonyl (C=O) groups excluding carboxylic acids is 1. The van der Waals surface area contributed by atoms with Gasteiger partial charge in [-0.15, -0.1) is 0 Å². The van der Waals surface area contributed by atoms with Gasteiger partial charge in [-0.3, -0.25) is 4.79 Å². The number of benzene rings is 1. The highest BCUT2D eigenvalue weighted by Crippen LogP contribution is 2.16. The number of amides is 1. The molecule has 1 aromatic rings. The zero-order valence-electron chi connectivity index (χ0n) is 12.0. The van der Waals surface area contributed by atoms with Crippen molar-refractivity contribution in [3.05, 3.63) is 40.9 Å². The molecule has 1 rings (SSSR count). The third-order valence-corrected chi connectivity index (χ3v) is 3.74. The van der Waals surface area contributed by atoms with Crippen LogP contribution in [0.3, 0.4) is 0 Å². The van der Waals surface area contributed by atoms with E-state index in [0.29, 0.717) is 5.02 Å². The summed E-state index contributed by atoms with van der Waals surface area (Å²) < 4.78 is 0. The van der Waals surface area contributed by atoms with Gasteiger partial charge >= 0.3 is 0 Å². The predicted molar refractivity (Wildman–Crippen MR) is 83.6 cm³/mol. The first kappa shape index (κ1) is 16.7. The van der Waals surface area contributed by atoms with E-state index in [1.807, 2.05) is 32.0 Å². The standard InChI is InChI=1S/C16H22ClNO2/c1-3-12(4-2)15(19)11-18-16(20)10-9-13-7-5-6-8-14(13)17/h5-10,12,15,19H,3-4,11H2,1-2H3,(H,18,20)/b10-9+. The van der Waals surface area contributed by atoms with Gasteiger partial charge in [-0.25, -0.2) is 0 Å². The van der Waals surface area contributed by atoms with Gasteiger partial charge in [0.1, 0.15) is 0 Å². The third kappa shape index (κ3) is 5.35. The second-order valence-electron chi connectivity index (χ2n) is 4.74. The third-order valence-electron chi connectivity index (χ3n) is 3.40. The molecule has 0 aromatic heterocycles. The number of aliphatic hydroxyl groups excluding tert-OH is 1. The van der Waals surface area contributed by atoms with E-state index in [-0.39, 0.29) is 18.4 Å². The summed E-state index contributed by atoms with van der Waals surface area (Å²) in [6.45, 7) is 4.35. The zero-order chi connectivity index (χ0) is 15.0. The molecule has 0 fully saturated rings. The van der Waals surface area contributed by atoms with Gasteiger partial charge in [0.25, 0.3) is 0 Å². The summed E-state index contributed by atoms with van der Waals surface area (Å²) in [5.41, 5.74) is 0.796. The minimum Gasteiger partial charge on any atom is -0.391 e. The van der Waals surface area contributed by atoms with Gasteiger partial charge in [0.15, 0.2) is 0 Å². The Morgan fingerprint density at radius 1 is 1.35 bits per heavy atom. The summed E-state index contributed by atoms with van der Waals surface area (Å²) >= 11 is 5.99. The van der Waals surface area contributed by atoms with Crippen molar-refractivity contribution in [2.24, 2.45) is 5.92 Å². The molecule has 0 heterocycles. The van der Waals surface area contributed by atoms with Crippen molar-refractivity contribution in [2.75, 3.05) is 6.54 Å². The first-order valence-corrected chi connectivity index (χ1v) is 7.34. The summed E-state index contributed by atoms with van der Waals surface area (Å²) in [5.74, 6) is -0.00206. The van der Waals surface area contributed by atoms with E-state index in [2.05, 4.69) is 5.32 Å². The molecule has 110 valence electrons. The molecule has 0 radical (unpaired) electrons. The van der Waals surface area contributed by atoms with E-state index in [1.165, 1.54) is 6.08 Å². The lowest BCUT2D eigenvalue weighted by atomic mass is 9.96. The number of hydrogen-bond acceptors (Lipinski definition) is 2. The lowest BCUT2D eigenvalue weighted by Gasteiger charge is -2.19. The molecule has 1 amide bonds. The van der Waals surface area contributed by atoms with Crippen LogP contribution in [0.4, 0.5) is 0 Å². The summed E-state index contributed by atoms with van der Waals surface area (Å²) in [5, 5.41) is 13.2. The Morgan fingerprint density at radius 2 is 2.00 bits per heavy atom. The Labute approximate surface area is 125 Å². The number of aliphatic hydroxyl groups is 1. The predicted octanol–water partition coefficient (Wildman–Crippen LogP) is 3.27. The van der Waals surface area contributed by atoms with Crippen LogP contribution in [0.15, 0.2) is 30.3 Å². The number of carbonyl (C=O) groups is 1. The van der Waals surface area contributed by atoms with E-state index in [4.69, 9.17) is 11.6 Å². The first-order valence-electron chi connectivity index (χ1n) is 6.97. The molecule has 1 atom stereocenters. The van der Waals surface area contributed by atoms with Crippen molar-refractivity contribution < 1.29 is 9.90 Å². The SMILES string of the molecule is CCC(CC)C(O)CNC(=O)/C=C/c1ccccc1Cl. The van der Waals surface area contributed by atoms with Gasteiger partial charge in [0, 0.05) is 17.6 Å². The quantitative estimate of drug-likeness (QED) is 0.759. The Morgan fingerprint density at radius 3 is 2.60 bits per heavy atom. The van der Waals surface area contributed by atoms with Crippen LogP contribution < -0.4 is 5.32 Å². The van der Waals surface area contributed by atoms with Crippen LogP contribution in [0.25, 0.3) is 6.08 Å². The molecule has 0 aliphatic carbocycles. The van der Waals surface area contributed by atoms with Gasteiger partial charge in [0.2, 0.25) is 5.91 Å². The highest BCUT2D eigenvalue weighted by Gasteiger charge is 2.15. The smallest absolute Gasteiger partial charge is 0.244 e. The Bertz CT molecular complexity index is 456. The van der Waals surface area contributed by atoms with E-state index in [1.54, 1.807) is 12.1 Å². The molecule has 0 bridgehead atoms. The van der Waals surface area contributed by atoms with E-state index >= 15 is 0 Å². The van der Waals surface area contributed by atoms with Crippen molar-refractivity contribution >= 4 is 23.6 Å². The number of nitrogens with one attached hydrogen (secondary N) is 1.